The van der Waals surface area contributed by atoms with E-state index in [0.717, 1.165) is 16.1 Å². The lowest BCUT2D eigenvalue weighted by molar-refractivity contribution is -0.139. The first-order chi connectivity index (χ1) is 18.0. The number of methoxy groups -OCH3 is 1. The number of likely N-dealkylation sites (N-methyl/N-ethyl adjacent to an activating group) is 1. The fraction of sp³-hybridized carbons (Fsp3) is 0.259. The van der Waals surface area contributed by atoms with Gasteiger partial charge >= 0.3 is 0 Å². The molecule has 0 aliphatic heterocycles. The first-order valence-electron chi connectivity index (χ1n) is 11.6. The quantitative estimate of drug-likeness (QED) is 0.369. The Hall–Kier alpha value is -3.27. The van der Waals surface area contributed by atoms with Crippen LogP contribution in [0.1, 0.15) is 11.1 Å². The van der Waals surface area contributed by atoms with Crippen molar-refractivity contribution in [3.63, 3.8) is 0 Å². The number of ether oxygens (including phenoxy) is 1. The van der Waals surface area contributed by atoms with Gasteiger partial charge in [0.25, 0.3) is 0 Å². The van der Waals surface area contributed by atoms with Crippen LogP contribution in [0.15, 0.2) is 72.8 Å². The highest BCUT2D eigenvalue weighted by Crippen LogP contribution is 2.26. The number of rotatable bonds is 11. The second kappa shape index (κ2) is 13.0. The van der Waals surface area contributed by atoms with Crippen LogP contribution in [-0.4, -0.2) is 58.1 Å². The van der Waals surface area contributed by atoms with E-state index in [4.69, 9.17) is 27.9 Å². The van der Waals surface area contributed by atoms with Crippen molar-refractivity contribution in [2.75, 3.05) is 31.3 Å². The van der Waals surface area contributed by atoms with Crippen LogP contribution >= 0.6 is 23.2 Å². The van der Waals surface area contributed by atoms with E-state index < -0.39 is 34.4 Å². The van der Waals surface area contributed by atoms with Crippen molar-refractivity contribution in [2.24, 2.45) is 0 Å². The Morgan fingerprint density at radius 1 is 0.947 bits per heavy atom. The first kappa shape index (κ1) is 29.3. The number of nitrogens with one attached hydrogen (secondary N) is 1. The van der Waals surface area contributed by atoms with Gasteiger partial charge in [-0.05, 0) is 35.4 Å². The summed E-state index contributed by atoms with van der Waals surface area (Å²) < 4.78 is 31.8. The summed E-state index contributed by atoms with van der Waals surface area (Å²) in [7, 11) is -0.925. The maximum absolute atomic E-state index is 13.9. The summed E-state index contributed by atoms with van der Waals surface area (Å²) in [6.45, 7) is -0.536. The number of halogens is 2. The lowest BCUT2D eigenvalue weighted by Gasteiger charge is -2.33. The summed E-state index contributed by atoms with van der Waals surface area (Å²) in [6.07, 6.45) is 1.23. The van der Waals surface area contributed by atoms with E-state index in [-0.39, 0.29) is 18.7 Å². The summed E-state index contributed by atoms with van der Waals surface area (Å²) >= 11 is 12.3. The Labute approximate surface area is 233 Å². The van der Waals surface area contributed by atoms with Crippen LogP contribution in [-0.2, 0) is 32.6 Å². The van der Waals surface area contributed by atoms with Gasteiger partial charge in [-0.3, -0.25) is 13.9 Å². The fourth-order valence-electron chi connectivity index (χ4n) is 3.93. The van der Waals surface area contributed by atoms with E-state index in [1.54, 1.807) is 36.4 Å². The van der Waals surface area contributed by atoms with Crippen molar-refractivity contribution in [3.05, 3.63) is 94.0 Å². The van der Waals surface area contributed by atoms with Crippen LogP contribution in [0.2, 0.25) is 10.0 Å². The standard InChI is InChI=1S/C27H29Cl2N3O5S/c1-30-27(34)25(15-19-8-5-4-6-9-19)31(17-20-12-13-23(28)24(29)14-20)26(33)18-32(38(3,35)36)21-10-7-11-22(16-21)37-2/h4-14,16,25H,15,17-18H2,1-3H3,(H,30,34)/t25-/m1/s1. The van der Waals surface area contributed by atoms with Crippen LogP contribution < -0.4 is 14.4 Å². The Morgan fingerprint density at radius 3 is 2.26 bits per heavy atom. The molecular formula is C27H29Cl2N3O5S. The van der Waals surface area contributed by atoms with E-state index in [2.05, 4.69) is 5.32 Å². The summed E-state index contributed by atoms with van der Waals surface area (Å²) in [5.74, 6) is -0.535. The van der Waals surface area contributed by atoms with E-state index in [1.807, 2.05) is 30.3 Å². The Balaban J connectivity index is 2.04. The van der Waals surface area contributed by atoms with Gasteiger partial charge in [0.05, 0.1) is 29.1 Å². The monoisotopic (exact) mass is 577 g/mol. The minimum atomic E-state index is -3.88. The maximum Gasteiger partial charge on any atom is 0.244 e. The van der Waals surface area contributed by atoms with Crippen LogP contribution in [0, 0.1) is 0 Å². The van der Waals surface area contributed by atoms with Gasteiger partial charge in [0.15, 0.2) is 0 Å². The van der Waals surface area contributed by atoms with Crippen molar-refractivity contribution >= 4 is 50.7 Å². The number of hydrogen-bond donors (Lipinski definition) is 1. The van der Waals surface area contributed by atoms with E-state index >= 15 is 0 Å². The van der Waals surface area contributed by atoms with Gasteiger partial charge in [-0.25, -0.2) is 8.42 Å². The predicted octanol–water partition coefficient (Wildman–Crippen LogP) is 4.15. The van der Waals surface area contributed by atoms with Crippen molar-refractivity contribution in [1.29, 1.82) is 0 Å². The predicted molar refractivity (Wildman–Crippen MR) is 150 cm³/mol. The zero-order valence-electron chi connectivity index (χ0n) is 21.2. The Kier molecular flexibility index (Phi) is 10.0. The largest absolute Gasteiger partial charge is 0.497 e. The third kappa shape index (κ3) is 7.63. The molecule has 3 aromatic rings. The van der Waals surface area contributed by atoms with Gasteiger partial charge in [-0.2, -0.15) is 0 Å². The highest BCUT2D eigenvalue weighted by atomic mass is 35.5. The number of amides is 2. The molecule has 0 unspecified atom stereocenters. The first-order valence-corrected chi connectivity index (χ1v) is 14.2. The maximum atomic E-state index is 13.9. The second-order valence-electron chi connectivity index (χ2n) is 8.56. The van der Waals surface area contributed by atoms with Crippen LogP contribution in [0.3, 0.4) is 0 Å². The molecule has 0 radical (unpaired) electrons. The average molecular weight is 579 g/mol. The van der Waals surface area contributed by atoms with Gasteiger partial charge in [-0.15, -0.1) is 0 Å². The number of carbonyl (C=O) groups is 2. The molecule has 0 saturated heterocycles. The summed E-state index contributed by atoms with van der Waals surface area (Å²) in [5, 5.41) is 3.27. The summed E-state index contributed by atoms with van der Waals surface area (Å²) in [6, 6.07) is 19.6. The fourth-order valence-corrected chi connectivity index (χ4v) is 5.10. The van der Waals surface area contributed by atoms with Gasteiger partial charge in [0.1, 0.15) is 18.3 Å². The molecule has 1 N–H and O–H groups in total. The molecule has 0 fully saturated rings. The highest BCUT2D eigenvalue weighted by Gasteiger charge is 2.32. The molecule has 0 saturated carbocycles. The van der Waals surface area contributed by atoms with Crippen molar-refractivity contribution in [3.8, 4) is 5.75 Å². The van der Waals surface area contributed by atoms with Gasteiger partial charge in [0, 0.05) is 26.1 Å². The molecule has 0 aromatic heterocycles. The normalized spacial score (nSPS) is 11.9. The molecule has 202 valence electrons. The third-order valence-corrected chi connectivity index (χ3v) is 7.75. The van der Waals surface area contributed by atoms with E-state index in [1.165, 1.54) is 25.1 Å². The number of anilines is 1. The van der Waals surface area contributed by atoms with Crippen LogP contribution in [0.5, 0.6) is 5.75 Å². The van der Waals surface area contributed by atoms with Crippen molar-refractivity contribution in [2.45, 2.75) is 19.0 Å². The lowest BCUT2D eigenvalue weighted by atomic mass is 10.0. The van der Waals surface area contributed by atoms with Crippen LogP contribution in [0.4, 0.5) is 5.69 Å². The van der Waals surface area contributed by atoms with E-state index in [9.17, 15) is 18.0 Å². The Morgan fingerprint density at radius 2 is 1.66 bits per heavy atom. The smallest absolute Gasteiger partial charge is 0.244 e. The molecule has 8 nitrogen and oxygen atoms in total. The number of hydrogen-bond acceptors (Lipinski definition) is 5. The van der Waals surface area contributed by atoms with Gasteiger partial charge in [-0.1, -0.05) is 65.7 Å². The van der Waals surface area contributed by atoms with Crippen molar-refractivity contribution < 1.29 is 22.7 Å². The SMILES string of the molecule is CNC(=O)[C@@H](Cc1ccccc1)N(Cc1ccc(Cl)c(Cl)c1)C(=O)CN(c1cccc(OC)c1)S(C)(=O)=O. The summed E-state index contributed by atoms with van der Waals surface area (Å²) in [5.41, 5.74) is 1.72. The zero-order chi connectivity index (χ0) is 27.9. The van der Waals surface area contributed by atoms with Gasteiger partial charge in [0.2, 0.25) is 21.8 Å². The topological polar surface area (TPSA) is 96.0 Å². The average Bonchev–Trinajstić information content (AvgIpc) is 2.90. The summed E-state index contributed by atoms with van der Waals surface area (Å²) in [4.78, 5) is 28.4. The van der Waals surface area contributed by atoms with E-state index in [0.29, 0.717) is 21.4 Å². The number of carbonyl (C=O) groups excluding carboxylic acids is 2. The number of nitrogens with zero attached hydrogens (tertiary/aromatic N) is 2. The lowest BCUT2D eigenvalue weighted by Crippen LogP contribution is -2.52. The molecule has 0 bridgehead atoms. The molecule has 0 heterocycles. The van der Waals surface area contributed by atoms with Gasteiger partial charge < -0.3 is 15.0 Å². The second-order valence-corrected chi connectivity index (χ2v) is 11.3. The molecule has 0 aliphatic rings. The molecule has 3 aromatic carbocycles. The molecule has 3 rings (SSSR count). The molecule has 1 atom stereocenters. The molecular weight excluding hydrogens is 549 g/mol. The minimum Gasteiger partial charge on any atom is -0.497 e. The minimum absolute atomic E-state index is 0.00362. The molecule has 2 amide bonds. The van der Waals surface area contributed by atoms with Crippen LogP contribution in [0.25, 0.3) is 0 Å². The number of sulfonamides is 1. The molecule has 0 spiro atoms. The van der Waals surface area contributed by atoms with Crippen molar-refractivity contribution in [1.82, 2.24) is 10.2 Å². The highest BCUT2D eigenvalue weighted by molar-refractivity contribution is 7.92. The zero-order valence-corrected chi connectivity index (χ0v) is 23.6. The molecule has 0 aliphatic carbocycles. The number of benzene rings is 3. The molecule has 11 heteroatoms. The third-order valence-electron chi connectivity index (χ3n) is 5.87. The molecule has 38 heavy (non-hydrogen) atoms. The Bertz CT molecular complexity index is 1390.